The third kappa shape index (κ3) is 2.16. The van der Waals surface area contributed by atoms with E-state index in [2.05, 4.69) is 4.98 Å². The molecule has 1 aromatic rings. The Morgan fingerprint density at radius 3 is 2.60 bits per heavy atom. The number of nitrogens with two attached hydrogens (primary N) is 1. The van der Waals surface area contributed by atoms with E-state index in [9.17, 15) is 4.79 Å². The Balaban J connectivity index is 0.000000810. The molecule has 1 amide bonds. The molecule has 10 heavy (non-hydrogen) atoms. The van der Waals surface area contributed by atoms with Gasteiger partial charge in [0, 0.05) is 29.2 Å². The molecular formula is C6H6CoN2O. The molecular weight excluding hydrogens is 175 g/mol. The normalized spacial score (nSPS) is 8.00. The molecule has 0 aliphatic rings. The van der Waals surface area contributed by atoms with Crippen molar-refractivity contribution in [2.45, 2.75) is 0 Å². The fourth-order valence-electron chi connectivity index (χ4n) is 0.509. The molecule has 0 saturated carbocycles. The SMILES string of the molecule is NC(=O)c1cccnc1.[Co]. The van der Waals surface area contributed by atoms with Crippen molar-refractivity contribution in [1.82, 2.24) is 4.98 Å². The van der Waals surface area contributed by atoms with Crippen molar-refractivity contribution in [2.75, 3.05) is 0 Å². The number of carbonyl (C=O) groups is 1. The van der Waals surface area contributed by atoms with Gasteiger partial charge in [0.15, 0.2) is 0 Å². The van der Waals surface area contributed by atoms with Crippen LogP contribution in [0.2, 0.25) is 0 Å². The fourth-order valence-corrected chi connectivity index (χ4v) is 0.509. The summed E-state index contributed by atoms with van der Waals surface area (Å²) in [6.07, 6.45) is 3.02. The van der Waals surface area contributed by atoms with Crippen molar-refractivity contribution in [3.05, 3.63) is 30.1 Å². The first-order chi connectivity index (χ1) is 4.30. The topological polar surface area (TPSA) is 56.0 Å². The molecule has 55 valence electrons. The molecule has 0 fully saturated rings. The zero-order chi connectivity index (χ0) is 6.69. The van der Waals surface area contributed by atoms with E-state index in [1.165, 1.54) is 6.20 Å². The van der Waals surface area contributed by atoms with Crippen LogP contribution in [0.5, 0.6) is 0 Å². The predicted octanol–water partition coefficient (Wildman–Crippen LogP) is 0.178. The first kappa shape index (κ1) is 9.13. The molecule has 0 aromatic carbocycles. The number of hydrogen-bond acceptors (Lipinski definition) is 2. The Bertz CT molecular complexity index is 212. The number of amides is 1. The van der Waals surface area contributed by atoms with Crippen LogP contribution in [0.15, 0.2) is 24.5 Å². The van der Waals surface area contributed by atoms with Crippen molar-refractivity contribution in [3.63, 3.8) is 0 Å². The van der Waals surface area contributed by atoms with Crippen LogP contribution in [0.25, 0.3) is 0 Å². The maximum Gasteiger partial charge on any atom is 0.250 e. The van der Waals surface area contributed by atoms with Gasteiger partial charge in [-0.2, -0.15) is 0 Å². The average molecular weight is 181 g/mol. The predicted molar refractivity (Wildman–Crippen MR) is 32.8 cm³/mol. The van der Waals surface area contributed by atoms with Gasteiger partial charge in [0.25, 0.3) is 0 Å². The monoisotopic (exact) mass is 181 g/mol. The number of hydrogen-bond donors (Lipinski definition) is 1. The van der Waals surface area contributed by atoms with E-state index in [4.69, 9.17) is 5.73 Å². The van der Waals surface area contributed by atoms with Crippen molar-refractivity contribution in [2.24, 2.45) is 5.73 Å². The molecule has 1 rings (SSSR count). The molecule has 0 atom stereocenters. The van der Waals surface area contributed by atoms with Gasteiger partial charge in [-0.1, -0.05) is 0 Å². The second kappa shape index (κ2) is 4.02. The largest absolute Gasteiger partial charge is 0.366 e. The Kier molecular flexibility index (Phi) is 3.67. The van der Waals surface area contributed by atoms with Gasteiger partial charge >= 0.3 is 0 Å². The van der Waals surface area contributed by atoms with Crippen LogP contribution < -0.4 is 5.73 Å². The average Bonchev–Trinajstić information content (AvgIpc) is 1.90. The first-order valence-electron chi connectivity index (χ1n) is 2.50. The number of primary amides is 1. The maximum atomic E-state index is 10.4. The second-order valence-electron chi connectivity index (χ2n) is 1.61. The van der Waals surface area contributed by atoms with Crippen LogP contribution in [0.3, 0.4) is 0 Å². The minimum Gasteiger partial charge on any atom is -0.366 e. The van der Waals surface area contributed by atoms with Gasteiger partial charge < -0.3 is 5.73 Å². The standard InChI is InChI=1S/C6H6N2O.Co/c7-6(9)5-2-1-3-8-4-5;/h1-4H,(H2,7,9);. The van der Waals surface area contributed by atoms with E-state index < -0.39 is 5.91 Å². The summed E-state index contributed by atoms with van der Waals surface area (Å²) in [5.74, 6) is -0.442. The smallest absolute Gasteiger partial charge is 0.250 e. The Labute approximate surface area is 68.8 Å². The molecule has 0 spiro atoms. The van der Waals surface area contributed by atoms with Crippen molar-refractivity contribution < 1.29 is 21.6 Å². The van der Waals surface area contributed by atoms with Crippen LogP contribution in [0, 0.1) is 0 Å². The van der Waals surface area contributed by atoms with Crippen LogP contribution in [0.1, 0.15) is 10.4 Å². The molecule has 0 aliphatic heterocycles. The first-order valence-corrected chi connectivity index (χ1v) is 2.50. The van der Waals surface area contributed by atoms with Crippen molar-refractivity contribution in [1.29, 1.82) is 0 Å². The number of pyridine rings is 1. The van der Waals surface area contributed by atoms with Crippen LogP contribution in [-0.4, -0.2) is 10.9 Å². The third-order valence-corrected chi connectivity index (χ3v) is 0.946. The van der Waals surface area contributed by atoms with Crippen LogP contribution >= 0.6 is 0 Å². The summed E-state index contributed by atoms with van der Waals surface area (Å²) in [7, 11) is 0. The van der Waals surface area contributed by atoms with E-state index >= 15 is 0 Å². The maximum absolute atomic E-state index is 10.4. The van der Waals surface area contributed by atoms with Gasteiger partial charge in [-0.25, -0.2) is 0 Å². The Morgan fingerprint density at radius 1 is 1.60 bits per heavy atom. The zero-order valence-electron chi connectivity index (χ0n) is 5.08. The molecule has 4 heteroatoms. The number of aromatic nitrogens is 1. The summed E-state index contributed by atoms with van der Waals surface area (Å²) in [6, 6.07) is 3.29. The third-order valence-electron chi connectivity index (χ3n) is 0.946. The molecule has 1 heterocycles. The van der Waals surface area contributed by atoms with Crippen LogP contribution in [-0.2, 0) is 16.8 Å². The molecule has 0 saturated heterocycles. The fraction of sp³-hybridized carbons (Fsp3) is 0. The molecule has 1 radical (unpaired) electrons. The molecule has 2 N–H and O–H groups in total. The van der Waals surface area contributed by atoms with Gasteiger partial charge in [0.2, 0.25) is 5.91 Å². The van der Waals surface area contributed by atoms with Gasteiger partial charge in [0.05, 0.1) is 5.56 Å². The van der Waals surface area contributed by atoms with E-state index in [1.807, 2.05) is 0 Å². The quantitative estimate of drug-likeness (QED) is 0.671. The molecule has 0 unspecified atom stereocenters. The number of rotatable bonds is 1. The van der Waals surface area contributed by atoms with Gasteiger partial charge in [0.1, 0.15) is 0 Å². The molecule has 3 nitrogen and oxygen atoms in total. The molecule has 0 aliphatic carbocycles. The van der Waals surface area contributed by atoms with Crippen molar-refractivity contribution >= 4 is 5.91 Å². The Hall–Kier alpha value is -0.874. The van der Waals surface area contributed by atoms with Crippen LogP contribution in [0.4, 0.5) is 0 Å². The van der Waals surface area contributed by atoms with E-state index in [0.717, 1.165) is 0 Å². The minimum absolute atomic E-state index is 0. The van der Waals surface area contributed by atoms with E-state index in [0.29, 0.717) is 5.56 Å². The summed E-state index contributed by atoms with van der Waals surface area (Å²) in [4.78, 5) is 14.1. The number of carbonyl (C=O) groups excluding carboxylic acids is 1. The Morgan fingerprint density at radius 2 is 2.30 bits per heavy atom. The van der Waals surface area contributed by atoms with E-state index in [-0.39, 0.29) is 16.8 Å². The molecule has 0 bridgehead atoms. The summed E-state index contributed by atoms with van der Waals surface area (Å²) in [5, 5.41) is 0. The summed E-state index contributed by atoms with van der Waals surface area (Å²) < 4.78 is 0. The van der Waals surface area contributed by atoms with Gasteiger partial charge in [-0.3, -0.25) is 9.78 Å². The summed E-state index contributed by atoms with van der Waals surface area (Å²) in [5.41, 5.74) is 5.38. The van der Waals surface area contributed by atoms with Gasteiger partial charge in [-0.15, -0.1) is 0 Å². The zero-order valence-corrected chi connectivity index (χ0v) is 6.12. The summed E-state index contributed by atoms with van der Waals surface area (Å²) in [6.45, 7) is 0. The number of nitrogens with zero attached hydrogens (tertiary/aromatic N) is 1. The second-order valence-corrected chi connectivity index (χ2v) is 1.61. The minimum atomic E-state index is -0.442. The van der Waals surface area contributed by atoms with E-state index in [1.54, 1.807) is 18.3 Å². The molecule has 1 aromatic heterocycles. The van der Waals surface area contributed by atoms with Crippen molar-refractivity contribution in [3.8, 4) is 0 Å². The summed E-state index contributed by atoms with van der Waals surface area (Å²) >= 11 is 0. The van der Waals surface area contributed by atoms with Gasteiger partial charge in [-0.05, 0) is 12.1 Å².